The van der Waals surface area contributed by atoms with E-state index >= 15 is 0 Å². The summed E-state index contributed by atoms with van der Waals surface area (Å²) in [6.45, 7) is -1.17. The summed E-state index contributed by atoms with van der Waals surface area (Å²) in [5.74, 6) is -0.594. The quantitative estimate of drug-likeness (QED) is 0.121. The van der Waals surface area contributed by atoms with Gasteiger partial charge in [-0.25, -0.2) is 0 Å². The maximum atomic E-state index is 11.8. The van der Waals surface area contributed by atoms with E-state index in [0.29, 0.717) is 25.7 Å². The molecule has 0 aliphatic heterocycles. The number of hydrogen-bond acceptors (Lipinski definition) is 10. The molecule has 1 saturated carbocycles. The van der Waals surface area contributed by atoms with E-state index in [9.17, 15) is 35.4 Å². The molecule has 0 unspecified atom stereocenters. The summed E-state index contributed by atoms with van der Waals surface area (Å²) < 4.78 is 6.06. The molecule has 0 bridgehead atoms. The van der Waals surface area contributed by atoms with Crippen molar-refractivity contribution in [2.45, 2.75) is 94.4 Å². The van der Waals surface area contributed by atoms with E-state index in [4.69, 9.17) is 9.84 Å². The average molecular weight is 555 g/mol. The first-order valence-electron chi connectivity index (χ1n) is 13.5. The van der Waals surface area contributed by atoms with Crippen LogP contribution in [0.3, 0.4) is 0 Å². The molecule has 9 nitrogen and oxygen atoms in total. The summed E-state index contributed by atoms with van der Waals surface area (Å²) in [7, 11) is 0. The van der Waals surface area contributed by atoms with Gasteiger partial charge in [0, 0.05) is 16.0 Å². The van der Waals surface area contributed by atoms with Crippen molar-refractivity contribution in [3.05, 3.63) is 35.2 Å². The molecule has 2 aromatic rings. The Hall–Kier alpha value is -1.63. The van der Waals surface area contributed by atoms with Gasteiger partial charge in [-0.2, -0.15) is 0 Å². The number of unbranched alkanes of at least 4 members (excludes halogenated alkanes) is 3. The number of benzene rings is 1. The van der Waals surface area contributed by atoms with Gasteiger partial charge in [0.15, 0.2) is 0 Å². The molecule has 1 aliphatic rings. The van der Waals surface area contributed by atoms with Crippen LogP contribution in [0.25, 0.3) is 10.1 Å². The third-order valence-corrected chi connectivity index (χ3v) is 8.84. The van der Waals surface area contributed by atoms with Gasteiger partial charge in [0.05, 0.1) is 24.9 Å². The molecule has 1 aliphatic carbocycles. The number of ether oxygens (including phenoxy) is 1. The van der Waals surface area contributed by atoms with Crippen molar-refractivity contribution >= 4 is 27.4 Å². The number of esters is 1. The van der Waals surface area contributed by atoms with Crippen LogP contribution in [0.2, 0.25) is 0 Å². The number of aliphatic hydroxyl groups excluding tert-OH is 7. The first kappa shape index (κ1) is 30.9. The standard InChI is InChI=1S/C28H42O9S/c29-15-23(33)28(36)24(34)16-37-27(35)10-4-2-1-3-8-18-19(22(32)14-21(18)31)11-12-20(30)26-13-17-7-5-6-9-25(17)38-26/h5-7,9,13,18-24,28-34,36H,1-4,8,10-12,14-16H2/t18-,19-,20-,21+,22-,23+,24-,28-/m1/s1. The number of carbonyl (C=O) groups is 1. The molecule has 0 saturated heterocycles. The average Bonchev–Trinajstić information content (AvgIpc) is 3.46. The first-order valence-corrected chi connectivity index (χ1v) is 14.4. The number of fused-ring (bicyclic) bond motifs is 1. The number of aliphatic hydroxyl groups is 7. The molecule has 3 rings (SSSR count). The van der Waals surface area contributed by atoms with E-state index in [-0.39, 0.29) is 18.3 Å². The summed E-state index contributed by atoms with van der Waals surface area (Å²) >= 11 is 1.58. The highest BCUT2D eigenvalue weighted by atomic mass is 32.1. The van der Waals surface area contributed by atoms with Crippen LogP contribution in [0.15, 0.2) is 30.3 Å². The molecule has 7 N–H and O–H groups in total. The van der Waals surface area contributed by atoms with Crippen molar-refractivity contribution in [1.29, 1.82) is 0 Å². The summed E-state index contributed by atoms with van der Waals surface area (Å²) in [5, 5.41) is 70.3. The Kier molecular flexibility index (Phi) is 12.4. The van der Waals surface area contributed by atoms with Crippen molar-refractivity contribution in [3.8, 4) is 0 Å². The van der Waals surface area contributed by atoms with Crippen LogP contribution in [-0.2, 0) is 9.53 Å². The molecule has 0 radical (unpaired) electrons. The van der Waals surface area contributed by atoms with Gasteiger partial charge < -0.3 is 40.5 Å². The molecule has 1 fully saturated rings. The molecular formula is C28H42O9S. The highest BCUT2D eigenvalue weighted by Gasteiger charge is 2.41. The largest absolute Gasteiger partial charge is 0.463 e. The molecule has 0 spiro atoms. The fraction of sp³-hybridized carbons (Fsp3) is 0.679. The van der Waals surface area contributed by atoms with Crippen molar-refractivity contribution in [2.75, 3.05) is 13.2 Å². The van der Waals surface area contributed by atoms with Gasteiger partial charge in [-0.3, -0.25) is 4.79 Å². The van der Waals surface area contributed by atoms with E-state index < -0.39 is 55.8 Å². The molecule has 1 heterocycles. The lowest BCUT2D eigenvalue weighted by molar-refractivity contribution is -0.152. The highest BCUT2D eigenvalue weighted by molar-refractivity contribution is 7.19. The first-order chi connectivity index (χ1) is 18.2. The zero-order valence-corrected chi connectivity index (χ0v) is 22.5. The van der Waals surface area contributed by atoms with Crippen molar-refractivity contribution in [3.63, 3.8) is 0 Å². The van der Waals surface area contributed by atoms with Gasteiger partial charge in [-0.15, -0.1) is 11.3 Å². The second kappa shape index (κ2) is 15.2. The summed E-state index contributed by atoms with van der Waals surface area (Å²) in [6.07, 6.45) is -0.773. The number of thiophene rings is 1. The van der Waals surface area contributed by atoms with E-state index in [0.717, 1.165) is 40.6 Å². The molecule has 8 atom stereocenters. The third-order valence-electron chi connectivity index (χ3n) is 7.63. The van der Waals surface area contributed by atoms with E-state index in [1.807, 2.05) is 30.3 Å². The normalized spacial score (nSPS) is 24.8. The van der Waals surface area contributed by atoms with Crippen LogP contribution in [0.5, 0.6) is 0 Å². The van der Waals surface area contributed by atoms with Crippen molar-refractivity contribution in [2.24, 2.45) is 11.8 Å². The molecule has 38 heavy (non-hydrogen) atoms. The van der Waals surface area contributed by atoms with Crippen LogP contribution in [0, 0.1) is 11.8 Å². The minimum Gasteiger partial charge on any atom is -0.463 e. The van der Waals surface area contributed by atoms with Gasteiger partial charge >= 0.3 is 5.97 Å². The van der Waals surface area contributed by atoms with Crippen LogP contribution in [-0.4, -0.2) is 85.4 Å². The van der Waals surface area contributed by atoms with E-state index in [1.165, 1.54) is 0 Å². The summed E-state index contributed by atoms with van der Waals surface area (Å²) in [5.41, 5.74) is 0. The second-order valence-corrected chi connectivity index (χ2v) is 11.5. The maximum absolute atomic E-state index is 11.8. The third kappa shape index (κ3) is 8.69. The maximum Gasteiger partial charge on any atom is 0.305 e. The van der Waals surface area contributed by atoms with Crippen LogP contribution in [0.1, 0.15) is 68.8 Å². The number of hydrogen-bond donors (Lipinski definition) is 7. The Bertz CT molecular complexity index is 949. The lowest BCUT2D eigenvalue weighted by Crippen LogP contribution is -2.42. The van der Waals surface area contributed by atoms with E-state index in [2.05, 4.69) is 0 Å². The van der Waals surface area contributed by atoms with Crippen molar-refractivity contribution < 1.29 is 45.3 Å². The molecule has 10 heteroatoms. The predicted molar refractivity (Wildman–Crippen MR) is 143 cm³/mol. The lowest BCUT2D eigenvalue weighted by atomic mass is 9.84. The monoisotopic (exact) mass is 554 g/mol. The smallest absolute Gasteiger partial charge is 0.305 e. The zero-order valence-electron chi connectivity index (χ0n) is 21.6. The Morgan fingerprint density at radius 2 is 1.63 bits per heavy atom. The van der Waals surface area contributed by atoms with Gasteiger partial charge in [0.1, 0.15) is 24.9 Å². The molecular weight excluding hydrogens is 512 g/mol. The summed E-state index contributed by atoms with van der Waals surface area (Å²) in [4.78, 5) is 12.8. The van der Waals surface area contributed by atoms with Crippen molar-refractivity contribution in [1.82, 2.24) is 0 Å². The minimum absolute atomic E-state index is 0.0215. The van der Waals surface area contributed by atoms with Crippen LogP contribution >= 0.6 is 11.3 Å². The van der Waals surface area contributed by atoms with Gasteiger partial charge in [0.25, 0.3) is 0 Å². The highest BCUT2D eigenvalue weighted by Crippen LogP contribution is 2.41. The molecule has 1 aromatic heterocycles. The lowest BCUT2D eigenvalue weighted by Gasteiger charge is -2.24. The van der Waals surface area contributed by atoms with Crippen LogP contribution in [0.4, 0.5) is 0 Å². The Morgan fingerprint density at radius 1 is 0.947 bits per heavy atom. The number of rotatable bonds is 16. The van der Waals surface area contributed by atoms with E-state index in [1.54, 1.807) is 11.3 Å². The number of carbonyl (C=O) groups excluding carboxylic acids is 1. The Labute approximate surface area is 227 Å². The topological polar surface area (TPSA) is 168 Å². The molecule has 0 amide bonds. The van der Waals surface area contributed by atoms with Crippen LogP contribution < -0.4 is 0 Å². The molecule has 1 aromatic carbocycles. The summed E-state index contributed by atoms with van der Waals surface area (Å²) in [6, 6.07) is 10.0. The fourth-order valence-corrected chi connectivity index (χ4v) is 6.44. The minimum atomic E-state index is -1.60. The predicted octanol–water partition coefficient (Wildman–Crippen LogP) is 2.03. The van der Waals surface area contributed by atoms with Gasteiger partial charge in [-0.1, -0.05) is 37.5 Å². The zero-order chi connectivity index (χ0) is 27.7. The van der Waals surface area contributed by atoms with Gasteiger partial charge in [-0.05, 0) is 61.5 Å². The molecule has 214 valence electrons. The Morgan fingerprint density at radius 3 is 2.34 bits per heavy atom. The SMILES string of the molecule is O=C(CCCCCC[C@@H]1[C@@H](CC[C@@H](O)c2cc3ccccc3s2)[C@H](O)C[C@@H]1O)OC[C@@H](O)[C@H](O)[C@@H](O)CO. The fourth-order valence-electron chi connectivity index (χ4n) is 5.36. The second-order valence-electron chi connectivity index (χ2n) is 10.4. The Balaban J connectivity index is 1.33. The van der Waals surface area contributed by atoms with Gasteiger partial charge in [0.2, 0.25) is 0 Å².